The van der Waals surface area contributed by atoms with E-state index in [2.05, 4.69) is 4.72 Å². The number of nitrogens with one attached hydrogen (secondary N) is 1. The molecule has 0 aliphatic carbocycles. The molecule has 2 aromatic rings. The van der Waals surface area contributed by atoms with Crippen molar-refractivity contribution in [1.82, 2.24) is 4.72 Å². The zero-order chi connectivity index (χ0) is 15.6. The Balaban J connectivity index is 2.06. The fourth-order valence-electron chi connectivity index (χ4n) is 1.73. The van der Waals surface area contributed by atoms with E-state index < -0.39 is 16.1 Å². The zero-order valence-corrected chi connectivity index (χ0v) is 14.0. The van der Waals surface area contributed by atoms with Gasteiger partial charge >= 0.3 is 0 Å². The second-order valence-corrected chi connectivity index (χ2v) is 8.41. The molecule has 0 radical (unpaired) electrons. The van der Waals surface area contributed by atoms with Crippen LogP contribution in [0.4, 0.5) is 0 Å². The molecule has 0 aliphatic rings. The van der Waals surface area contributed by atoms with Gasteiger partial charge in [0.1, 0.15) is 4.21 Å². The molecule has 0 bridgehead atoms. The lowest BCUT2D eigenvalue weighted by atomic mass is 10.1. The lowest BCUT2D eigenvalue weighted by Gasteiger charge is -2.12. The van der Waals surface area contributed by atoms with Gasteiger partial charge in [0.2, 0.25) is 10.0 Å². The first-order valence-electron chi connectivity index (χ1n) is 6.30. The van der Waals surface area contributed by atoms with Gasteiger partial charge in [-0.2, -0.15) is 0 Å². The number of hydrogen-bond donors (Lipinski definition) is 2. The molecule has 1 unspecified atom stereocenters. The van der Waals surface area contributed by atoms with Crippen LogP contribution in [0, 0.1) is 13.8 Å². The Morgan fingerprint density at radius 1 is 1.29 bits per heavy atom. The van der Waals surface area contributed by atoms with Crippen molar-refractivity contribution in [3.8, 4) is 0 Å². The van der Waals surface area contributed by atoms with Crippen LogP contribution in [0.25, 0.3) is 0 Å². The molecule has 0 amide bonds. The highest BCUT2D eigenvalue weighted by Gasteiger charge is 2.19. The Kier molecular flexibility index (Phi) is 5.06. The van der Waals surface area contributed by atoms with Crippen LogP contribution >= 0.6 is 22.9 Å². The molecule has 1 aromatic heterocycles. The SMILES string of the molecule is Cc1cc(S(=O)(=O)NCC(O)c2ccc(Cl)cc2)sc1C. The zero-order valence-electron chi connectivity index (χ0n) is 11.6. The van der Waals surface area contributed by atoms with Gasteiger partial charge in [-0.05, 0) is 43.2 Å². The van der Waals surface area contributed by atoms with Crippen molar-refractivity contribution < 1.29 is 13.5 Å². The summed E-state index contributed by atoms with van der Waals surface area (Å²) in [5, 5.41) is 10.6. The number of thiophene rings is 1. The van der Waals surface area contributed by atoms with E-state index in [1.54, 1.807) is 30.3 Å². The van der Waals surface area contributed by atoms with Crippen LogP contribution in [-0.2, 0) is 10.0 Å². The van der Waals surface area contributed by atoms with Crippen molar-refractivity contribution in [3.63, 3.8) is 0 Å². The second-order valence-electron chi connectivity index (χ2n) is 4.72. The van der Waals surface area contributed by atoms with Gasteiger partial charge in [0.05, 0.1) is 6.10 Å². The van der Waals surface area contributed by atoms with Gasteiger partial charge in [-0.25, -0.2) is 13.1 Å². The van der Waals surface area contributed by atoms with Crippen LogP contribution < -0.4 is 4.72 Å². The van der Waals surface area contributed by atoms with Crippen LogP contribution in [0.3, 0.4) is 0 Å². The Morgan fingerprint density at radius 3 is 2.43 bits per heavy atom. The van der Waals surface area contributed by atoms with Gasteiger partial charge in [-0.15, -0.1) is 11.3 Å². The smallest absolute Gasteiger partial charge is 0.250 e. The van der Waals surface area contributed by atoms with Gasteiger partial charge in [-0.1, -0.05) is 23.7 Å². The number of halogens is 1. The summed E-state index contributed by atoms with van der Waals surface area (Å²) in [5.74, 6) is 0. The van der Waals surface area contributed by atoms with Crippen molar-refractivity contribution in [3.05, 3.63) is 51.4 Å². The van der Waals surface area contributed by atoms with E-state index in [1.165, 1.54) is 11.3 Å². The number of aryl methyl sites for hydroxylation is 2. The number of benzene rings is 1. The molecule has 21 heavy (non-hydrogen) atoms. The van der Waals surface area contributed by atoms with E-state index >= 15 is 0 Å². The van der Waals surface area contributed by atoms with E-state index in [0.29, 0.717) is 10.6 Å². The lowest BCUT2D eigenvalue weighted by Crippen LogP contribution is -2.28. The van der Waals surface area contributed by atoms with Gasteiger partial charge in [0, 0.05) is 16.4 Å². The maximum absolute atomic E-state index is 12.2. The third kappa shape index (κ3) is 4.05. The summed E-state index contributed by atoms with van der Waals surface area (Å²) in [6.45, 7) is 3.66. The summed E-state index contributed by atoms with van der Waals surface area (Å²) < 4.78 is 27.0. The Bertz CT molecular complexity index is 704. The van der Waals surface area contributed by atoms with E-state index in [-0.39, 0.29) is 10.8 Å². The predicted molar refractivity (Wildman–Crippen MR) is 85.4 cm³/mol. The second kappa shape index (κ2) is 6.46. The summed E-state index contributed by atoms with van der Waals surface area (Å²) in [4.78, 5) is 0.966. The molecule has 0 spiro atoms. The minimum atomic E-state index is -3.59. The van der Waals surface area contributed by atoms with Gasteiger partial charge in [0.15, 0.2) is 0 Å². The minimum Gasteiger partial charge on any atom is -0.387 e. The van der Waals surface area contributed by atoms with Crippen molar-refractivity contribution in [1.29, 1.82) is 0 Å². The number of aliphatic hydroxyl groups excluding tert-OH is 1. The van der Waals surface area contributed by atoms with Crippen LogP contribution in [0.1, 0.15) is 22.1 Å². The highest BCUT2D eigenvalue weighted by molar-refractivity contribution is 7.91. The average Bonchev–Trinajstić information content (AvgIpc) is 2.78. The number of aliphatic hydroxyl groups is 1. The van der Waals surface area contributed by atoms with Gasteiger partial charge < -0.3 is 5.11 Å². The molecule has 1 aromatic carbocycles. The first kappa shape index (κ1) is 16.5. The normalized spacial score (nSPS) is 13.3. The molecule has 0 aliphatic heterocycles. The monoisotopic (exact) mass is 345 g/mol. The lowest BCUT2D eigenvalue weighted by molar-refractivity contribution is 0.182. The highest BCUT2D eigenvalue weighted by Crippen LogP contribution is 2.25. The number of hydrogen-bond acceptors (Lipinski definition) is 4. The molecule has 1 heterocycles. The van der Waals surface area contributed by atoms with Gasteiger partial charge in [-0.3, -0.25) is 0 Å². The van der Waals surface area contributed by atoms with E-state index in [9.17, 15) is 13.5 Å². The first-order valence-corrected chi connectivity index (χ1v) is 8.97. The number of sulfonamides is 1. The van der Waals surface area contributed by atoms with E-state index in [0.717, 1.165) is 10.4 Å². The van der Waals surface area contributed by atoms with Crippen molar-refractivity contribution in [2.75, 3.05) is 6.54 Å². The molecule has 0 fully saturated rings. The minimum absolute atomic E-state index is 0.0834. The van der Waals surface area contributed by atoms with Crippen molar-refractivity contribution >= 4 is 33.0 Å². The van der Waals surface area contributed by atoms with Crippen LogP contribution in [0.15, 0.2) is 34.5 Å². The fraction of sp³-hybridized carbons (Fsp3) is 0.286. The molecule has 114 valence electrons. The van der Waals surface area contributed by atoms with Crippen molar-refractivity contribution in [2.45, 2.75) is 24.2 Å². The molecule has 2 rings (SSSR count). The van der Waals surface area contributed by atoms with Crippen LogP contribution in [0.5, 0.6) is 0 Å². The molecular formula is C14H16ClNO3S2. The quantitative estimate of drug-likeness (QED) is 0.875. The Labute approximate surface area is 133 Å². The standard InChI is InChI=1S/C14H16ClNO3S2/c1-9-7-14(20-10(9)2)21(18,19)16-8-13(17)11-3-5-12(15)6-4-11/h3-7,13,16-17H,8H2,1-2H3. The highest BCUT2D eigenvalue weighted by atomic mass is 35.5. The Hall–Kier alpha value is -0.920. The van der Waals surface area contributed by atoms with Crippen LogP contribution in [-0.4, -0.2) is 20.1 Å². The molecule has 1 atom stereocenters. The topological polar surface area (TPSA) is 66.4 Å². The summed E-state index contributed by atoms with van der Waals surface area (Å²) in [5.41, 5.74) is 1.55. The third-order valence-corrected chi connectivity index (χ3v) is 6.43. The molecule has 4 nitrogen and oxygen atoms in total. The number of rotatable bonds is 5. The van der Waals surface area contributed by atoms with Gasteiger partial charge in [0.25, 0.3) is 0 Å². The van der Waals surface area contributed by atoms with E-state index in [4.69, 9.17) is 11.6 Å². The summed E-state index contributed by atoms with van der Waals surface area (Å²) >= 11 is 6.99. The summed E-state index contributed by atoms with van der Waals surface area (Å²) in [6, 6.07) is 8.28. The largest absolute Gasteiger partial charge is 0.387 e. The van der Waals surface area contributed by atoms with Crippen molar-refractivity contribution in [2.24, 2.45) is 0 Å². The Morgan fingerprint density at radius 2 is 1.90 bits per heavy atom. The molecular weight excluding hydrogens is 330 g/mol. The average molecular weight is 346 g/mol. The fourth-order valence-corrected chi connectivity index (χ4v) is 4.46. The maximum Gasteiger partial charge on any atom is 0.250 e. The first-order chi connectivity index (χ1) is 9.79. The summed E-state index contributed by atoms with van der Waals surface area (Å²) in [6.07, 6.45) is -0.917. The molecule has 0 saturated carbocycles. The van der Waals surface area contributed by atoms with Crippen LogP contribution in [0.2, 0.25) is 5.02 Å². The summed E-state index contributed by atoms with van der Waals surface area (Å²) in [7, 11) is -3.59. The van der Waals surface area contributed by atoms with E-state index in [1.807, 2.05) is 13.8 Å². The maximum atomic E-state index is 12.2. The molecule has 0 saturated heterocycles. The molecule has 7 heteroatoms. The molecule has 2 N–H and O–H groups in total. The predicted octanol–water partition coefficient (Wildman–Crippen LogP) is 3.03. The third-order valence-electron chi connectivity index (χ3n) is 3.13.